The van der Waals surface area contributed by atoms with Gasteiger partial charge in [-0.1, -0.05) is 6.07 Å². The van der Waals surface area contributed by atoms with Crippen molar-refractivity contribution >= 4 is 0 Å². The average molecular weight is 423 g/mol. The van der Waals surface area contributed by atoms with Crippen LogP contribution in [0.25, 0.3) is 11.3 Å². The number of morpholine rings is 1. The number of nitrogens with zero attached hydrogens (tertiary/aromatic N) is 3. The molecule has 1 fully saturated rings. The minimum atomic E-state index is -0.0356. The van der Waals surface area contributed by atoms with Crippen LogP contribution in [0.4, 0.5) is 0 Å². The Bertz CT molecular complexity index is 957. The summed E-state index contributed by atoms with van der Waals surface area (Å²) in [5.74, 6) is 0.891. The van der Waals surface area contributed by atoms with Crippen molar-refractivity contribution in [3.05, 3.63) is 65.6 Å². The maximum Gasteiger partial charge on any atom is 0.125 e. The summed E-state index contributed by atoms with van der Waals surface area (Å²) >= 11 is 0. The first-order valence-corrected chi connectivity index (χ1v) is 10.7. The van der Waals surface area contributed by atoms with Crippen LogP contribution in [0.2, 0.25) is 0 Å². The molecule has 1 aliphatic heterocycles. The van der Waals surface area contributed by atoms with E-state index in [1.165, 1.54) is 5.56 Å². The second-order valence-corrected chi connectivity index (χ2v) is 8.08. The Morgan fingerprint density at radius 1 is 1.23 bits per heavy atom. The zero-order valence-corrected chi connectivity index (χ0v) is 18.4. The number of rotatable bonds is 8. The van der Waals surface area contributed by atoms with Crippen molar-refractivity contribution in [3.63, 3.8) is 0 Å². The molecule has 1 atom stereocenters. The Morgan fingerprint density at radius 2 is 2.13 bits per heavy atom. The normalized spacial score (nSPS) is 17.2. The zero-order valence-electron chi connectivity index (χ0n) is 18.4. The Hall–Kier alpha value is -2.74. The highest BCUT2D eigenvalue weighted by atomic mass is 16.5. The molecule has 0 amide bonds. The van der Waals surface area contributed by atoms with E-state index >= 15 is 0 Å². The molecule has 7 nitrogen and oxygen atoms in total. The highest BCUT2D eigenvalue weighted by Gasteiger charge is 2.23. The number of aromatic nitrogens is 3. The van der Waals surface area contributed by atoms with Gasteiger partial charge < -0.3 is 14.2 Å². The molecule has 0 unspecified atom stereocenters. The first-order valence-electron chi connectivity index (χ1n) is 10.7. The van der Waals surface area contributed by atoms with Gasteiger partial charge in [0.15, 0.2) is 0 Å². The summed E-state index contributed by atoms with van der Waals surface area (Å²) in [7, 11) is 1.71. The second kappa shape index (κ2) is 10.0. The molecule has 4 rings (SSSR count). The highest BCUT2D eigenvalue weighted by Crippen LogP contribution is 2.26. The van der Waals surface area contributed by atoms with Crippen molar-refractivity contribution in [3.8, 4) is 17.0 Å². The van der Waals surface area contributed by atoms with Crippen LogP contribution >= 0.6 is 0 Å². The monoisotopic (exact) mass is 422 g/mol. The van der Waals surface area contributed by atoms with Gasteiger partial charge in [0.1, 0.15) is 11.9 Å². The number of ether oxygens (including phenoxy) is 3. The van der Waals surface area contributed by atoms with E-state index in [-0.39, 0.29) is 12.2 Å². The standard InChI is InChI=1S/C24H30N4O3/c1-17(2)31-23-7-4-18(12-20(23)16-29-3)14-28-10-11-30-24(15-28)22-6-5-19(13-25-22)21-8-9-26-27-21/h4-9,12-13,17,24H,10-11,14-16H2,1-3H3,(H,26,27)/t24-/m0/s1. The van der Waals surface area contributed by atoms with Gasteiger partial charge in [-0.25, -0.2) is 0 Å². The van der Waals surface area contributed by atoms with Crippen LogP contribution in [0.5, 0.6) is 5.75 Å². The Balaban J connectivity index is 1.42. The first kappa shape index (κ1) is 21.5. The third kappa shape index (κ3) is 5.50. The fraction of sp³-hybridized carbons (Fsp3) is 0.417. The molecule has 2 aromatic heterocycles. The number of nitrogens with one attached hydrogen (secondary N) is 1. The number of benzene rings is 1. The SMILES string of the molecule is COCc1cc(CN2CCO[C@H](c3ccc(-c4ccn[nH]4)cn3)C2)ccc1OC(C)C. The van der Waals surface area contributed by atoms with E-state index in [0.717, 1.165) is 47.9 Å². The minimum absolute atomic E-state index is 0.0356. The molecule has 164 valence electrons. The van der Waals surface area contributed by atoms with Gasteiger partial charge in [-0.05, 0) is 49.7 Å². The molecule has 1 aromatic carbocycles. The number of pyridine rings is 1. The summed E-state index contributed by atoms with van der Waals surface area (Å²) < 4.78 is 17.3. The molecule has 0 aliphatic carbocycles. The molecule has 0 saturated carbocycles. The maximum atomic E-state index is 6.02. The van der Waals surface area contributed by atoms with E-state index in [4.69, 9.17) is 14.2 Å². The predicted molar refractivity (Wildman–Crippen MR) is 119 cm³/mol. The third-order valence-corrected chi connectivity index (χ3v) is 5.27. The van der Waals surface area contributed by atoms with Gasteiger partial charge in [0, 0.05) is 50.3 Å². The quantitative estimate of drug-likeness (QED) is 0.592. The smallest absolute Gasteiger partial charge is 0.125 e. The predicted octanol–water partition coefficient (Wildman–Crippen LogP) is 3.98. The van der Waals surface area contributed by atoms with Crippen LogP contribution in [0.3, 0.4) is 0 Å². The van der Waals surface area contributed by atoms with Crippen molar-refractivity contribution in [2.24, 2.45) is 0 Å². The molecule has 3 aromatic rings. The summed E-state index contributed by atoms with van der Waals surface area (Å²) in [6.07, 6.45) is 3.71. The van der Waals surface area contributed by atoms with Crippen molar-refractivity contribution < 1.29 is 14.2 Å². The molecular formula is C24H30N4O3. The van der Waals surface area contributed by atoms with Gasteiger partial charge in [0.2, 0.25) is 0 Å². The van der Waals surface area contributed by atoms with E-state index in [1.807, 2.05) is 32.2 Å². The van der Waals surface area contributed by atoms with Crippen LogP contribution < -0.4 is 4.74 Å². The second-order valence-electron chi connectivity index (χ2n) is 8.08. The number of H-pyrrole nitrogens is 1. The fourth-order valence-corrected chi connectivity index (χ4v) is 3.82. The van der Waals surface area contributed by atoms with Crippen molar-refractivity contribution in [2.45, 2.75) is 39.2 Å². The maximum absolute atomic E-state index is 6.02. The Labute approximate surface area is 183 Å². The molecule has 7 heteroatoms. The third-order valence-electron chi connectivity index (χ3n) is 5.27. The lowest BCUT2D eigenvalue weighted by molar-refractivity contribution is -0.0350. The molecule has 0 spiro atoms. The molecule has 31 heavy (non-hydrogen) atoms. The lowest BCUT2D eigenvalue weighted by Crippen LogP contribution is -2.38. The van der Waals surface area contributed by atoms with Crippen LogP contribution in [0.15, 0.2) is 48.8 Å². The average Bonchev–Trinajstić information content (AvgIpc) is 3.31. The Kier molecular flexibility index (Phi) is 6.96. The summed E-state index contributed by atoms with van der Waals surface area (Å²) in [4.78, 5) is 7.06. The van der Waals surface area contributed by atoms with Gasteiger partial charge >= 0.3 is 0 Å². The molecule has 1 aliphatic rings. The lowest BCUT2D eigenvalue weighted by Gasteiger charge is -2.32. The molecule has 1 saturated heterocycles. The van der Waals surface area contributed by atoms with Crippen molar-refractivity contribution in [1.82, 2.24) is 20.1 Å². The van der Waals surface area contributed by atoms with Crippen LogP contribution in [-0.2, 0) is 22.6 Å². The molecule has 3 heterocycles. The molecule has 0 bridgehead atoms. The zero-order chi connectivity index (χ0) is 21.6. The van der Waals surface area contributed by atoms with E-state index in [2.05, 4.69) is 44.3 Å². The summed E-state index contributed by atoms with van der Waals surface area (Å²) in [5.41, 5.74) is 5.25. The summed E-state index contributed by atoms with van der Waals surface area (Å²) in [6.45, 7) is 7.85. The van der Waals surface area contributed by atoms with Gasteiger partial charge in [0.25, 0.3) is 0 Å². The molecule has 1 N–H and O–H groups in total. The van der Waals surface area contributed by atoms with E-state index < -0.39 is 0 Å². The summed E-state index contributed by atoms with van der Waals surface area (Å²) in [6, 6.07) is 12.4. The van der Waals surface area contributed by atoms with E-state index in [1.54, 1.807) is 13.3 Å². The number of methoxy groups -OCH3 is 1. The van der Waals surface area contributed by atoms with Crippen LogP contribution in [0.1, 0.15) is 36.8 Å². The van der Waals surface area contributed by atoms with Gasteiger partial charge in [-0.2, -0.15) is 5.10 Å². The fourth-order valence-electron chi connectivity index (χ4n) is 3.82. The Morgan fingerprint density at radius 3 is 2.84 bits per heavy atom. The number of hydrogen-bond donors (Lipinski definition) is 1. The largest absolute Gasteiger partial charge is 0.491 e. The summed E-state index contributed by atoms with van der Waals surface area (Å²) in [5, 5.41) is 6.97. The first-order chi connectivity index (χ1) is 15.1. The molecular weight excluding hydrogens is 392 g/mol. The topological polar surface area (TPSA) is 72.5 Å². The minimum Gasteiger partial charge on any atom is -0.491 e. The number of aromatic amines is 1. The van der Waals surface area contributed by atoms with Crippen LogP contribution in [0, 0.1) is 0 Å². The number of hydrogen-bond acceptors (Lipinski definition) is 6. The van der Waals surface area contributed by atoms with Gasteiger partial charge in [-0.15, -0.1) is 0 Å². The lowest BCUT2D eigenvalue weighted by atomic mass is 10.1. The molecule has 0 radical (unpaired) electrons. The van der Waals surface area contributed by atoms with Crippen LogP contribution in [-0.4, -0.2) is 53.0 Å². The van der Waals surface area contributed by atoms with E-state index in [0.29, 0.717) is 13.2 Å². The van der Waals surface area contributed by atoms with E-state index in [9.17, 15) is 0 Å². The van der Waals surface area contributed by atoms with Gasteiger partial charge in [-0.3, -0.25) is 15.0 Å². The van der Waals surface area contributed by atoms with Gasteiger partial charge in [0.05, 0.1) is 30.7 Å². The van der Waals surface area contributed by atoms with Crippen molar-refractivity contribution in [1.29, 1.82) is 0 Å². The highest BCUT2D eigenvalue weighted by molar-refractivity contribution is 5.57. The van der Waals surface area contributed by atoms with Crippen molar-refractivity contribution in [2.75, 3.05) is 26.8 Å².